The number of nitrogens with zero attached hydrogens (tertiary/aromatic N) is 1. The van der Waals surface area contributed by atoms with Gasteiger partial charge in [0.1, 0.15) is 0 Å². The maximum Gasteiger partial charge on any atom is 0.317 e. The number of amides is 3. The van der Waals surface area contributed by atoms with E-state index < -0.39 is 0 Å². The molecule has 2 aliphatic heterocycles. The summed E-state index contributed by atoms with van der Waals surface area (Å²) >= 11 is 0. The van der Waals surface area contributed by atoms with Crippen molar-refractivity contribution in [2.24, 2.45) is 5.92 Å². The monoisotopic (exact) mass is 343 g/mol. The molecule has 0 unspecified atom stereocenters. The van der Waals surface area contributed by atoms with Gasteiger partial charge in [-0.15, -0.1) is 0 Å². The average molecular weight is 343 g/mol. The standard InChI is InChI=1S/C20H29N3O2/c1-15(16-7-3-2-4-8-16)10-11-21-20(25)23-12-6-5-9-18(23)17-13-19(24)22-14-17/h2-4,7-8,15,17-18H,5-6,9-14H2,1H3,(H,21,25)(H,22,24)/t15-,17+,18+/m1/s1. The number of carbonyl (C=O) groups excluding carboxylic acids is 2. The van der Waals surface area contributed by atoms with Crippen LogP contribution < -0.4 is 10.6 Å². The molecule has 25 heavy (non-hydrogen) atoms. The summed E-state index contributed by atoms with van der Waals surface area (Å²) in [7, 11) is 0. The number of benzene rings is 1. The number of nitrogens with one attached hydrogen (secondary N) is 2. The summed E-state index contributed by atoms with van der Waals surface area (Å²) in [6, 6.07) is 10.6. The molecule has 3 amide bonds. The second kappa shape index (κ2) is 8.37. The molecule has 0 spiro atoms. The summed E-state index contributed by atoms with van der Waals surface area (Å²) < 4.78 is 0. The second-order valence-electron chi connectivity index (χ2n) is 7.36. The van der Waals surface area contributed by atoms with Crippen molar-refractivity contribution in [2.75, 3.05) is 19.6 Å². The van der Waals surface area contributed by atoms with Crippen LogP contribution in [0.2, 0.25) is 0 Å². The van der Waals surface area contributed by atoms with Gasteiger partial charge in [0, 0.05) is 38.0 Å². The van der Waals surface area contributed by atoms with Crippen molar-refractivity contribution in [3.63, 3.8) is 0 Å². The number of hydrogen-bond acceptors (Lipinski definition) is 2. The molecule has 0 aliphatic carbocycles. The molecule has 5 nitrogen and oxygen atoms in total. The van der Waals surface area contributed by atoms with Gasteiger partial charge in [0.15, 0.2) is 0 Å². The Bertz CT molecular complexity index is 590. The van der Waals surface area contributed by atoms with Gasteiger partial charge in [-0.2, -0.15) is 0 Å². The van der Waals surface area contributed by atoms with Crippen LogP contribution >= 0.6 is 0 Å². The van der Waals surface area contributed by atoms with Crippen LogP contribution in [0.3, 0.4) is 0 Å². The van der Waals surface area contributed by atoms with E-state index in [4.69, 9.17) is 0 Å². The van der Waals surface area contributed by atoms with Crippen molar-refractivity contribution >= 4 is 11.9 Å². The van der Waals surface area contributed by atoms with Gasteiger partial charge in [0.2, 0.25) is 5.91 Å². The van der Waals surface area contributed by atoms with E-state index in [0.717, 1.165) is 32.2 Å². The van der Waals surface area contributed by atoms with Crippen LogP contribution in [0.5, 0.6) is 0 Å². The quantitative estimate of drug-likeness (QED) is 0.863. The Hall–Kier alpha value is -2.04. The predicted octanol–water partition coefficient (Wildman–Crippen LogP) is 2.88. The molecular formula is C20H29N3O2. The van der Waals surface area contributed by atoms with Crippen LogP contribution in [0.4, 0.5) is 4.79 Å². The molecule has 0 aromatic heterocycles. The summed E-state index contributed by atoms with van der Waals surface area (Å²) in [5.41, 5.74) is 1.31. The van der Waals surface area contributed by atoms with Gasteiger partial charge >= 0.3 is 6.03 Å². The van der Waals surface area contributed by atoms with E-state index in [1.165, 1.54) is 5.56 Å². The molecule has 2 heterocycles. The summed E-state index contributed by atoms with van der Waals surface area (Å²) in [4.78, 5) is 26.2. The Balaban J connectivity index is 1.50. The topological polar surface area (TPSA) is 61.4 Å². The van der Waals surface area contributed by atoms with Crippen molar-refractivity contribution in [1.82, 2.24) is 15.5 Å². The Morgan fingerprint density at radius 3 is 2.84 bits per heavy atom. The fourth-order valence-electron chi connectivity index (χ4n) is 4.04. The third-order valence-corrected chi connectivity index (χ3v) is 5.59. The van der Waals surface area contributed by atoms with E-state index >= 15 is 0 Å². The fourth-order valence-corrected chi connectivity index (χ4v) is 4.04. The SMILES string of the molecule is C[C@H](CCNC(=O)N1CCCC[C@H]1[C@@H]1CNC(=O)C1)c1ccccc1. The molecule has 2 N–H and O–H groups in total. The van der Waals surface area contributed by atoms with E-state index in [2.05, 4.69) is 41.8 Å². The fraction of sp³-hybridized carbons (Fsp3) is 0.600. The minimum Gasteiger partial charge on any atom is -0.356 e. The minimum atomic E-state index is 0.0318. The molecule has 2 aliphatic rings. The van der Waals surface area contributed by atoms with Gasteiger partial charge in [-0.05, 0) is 37.2 Å². The zero-order valence-electron chi connectivity index (χ0n) is 15.0. The van der Waals surface area contributed by atoms with E-state index in [1.54, 1.807) is 0 Å². The van der Waals surface area contributed by atoms with E-state index in [9.17, 15) is 9.59 Å². The van der Waals surface area contributed by atoms with Crippen molar-refractivity contribution < 1.29 is 9.59 Å². The van der Waals surface area contributed by atoms with Gasteiger partial charge in [-0.3, -0.25) is 4.79 Å². The summed E-state index contributed by atoms with van der Waals surface area (Å²) in [5.74, 6) is 0.810. The lowest BCUT2D eigenvalue weighted by molar-refractivity contribution is -0.119. The Morgan fingerprint density at radius 1 is 1.32 bits per heavy atom. The highest BCUT2D eigenvalue weighted by Gasteiger charge is 2.36. The van der Waals surface area contributed by atoms with Crippen LogP contribution in [0.1, 0.15) is 50.5 Å². The third-order valence-electron chi connectivity index (χ3n) is 5.59. The van der Waals surface area contributed by atoms with Crippen LogP contribution in [-0.2, 0) is 4.79 Å². The van der Waals surface area contributed by atoms with E-state index in [0.29, 0.717) is 25.4 Å². The molecular weight excluding hydrogens is 314 g/mol. The number of likely N-dealkylation sites (tertiary alicyclic amines) is 1. The number of rotatable bonds is 5. The maximum atomic E-state index is 12.7. The number of carbonyl (C=O) groups is 2. The first-order valence-corrected chi connectivity index (χ1v) is 9.51. The van der Waals surface area contributed by atoms with Gasteiger partial charge in [0.05, 0.1) is 0 Å². The lowest BCUT2D eigenvalue weighted by atomic mass is 9.90. The summed E-state index contributed by atoms with van der Waals surface area (Å²) in [5, 5.41) is 6.00. The molecule has 5 heteroatoms. The highest BCUT2D eigenvalue weighted by molar-refractivity contribution is 5.79. The first-order valence-electron chi connectivity index (χ1n) is 9.51. The smallest absolute Gasteiger partial charge is 0.317 e. The minimum absolute atomic E-state index is 0.0318. The second-order valence-corrected chi connectivity index (χ2v) is 7.36. The maximum absolute atomic E-state index is 12.7. The predicted molar refractivity (Wildman–Crippen MR) is 98.3 cm³/mol. The number of urea groups is 1. The Kier molecular flexibility index (Phi) is 5.95. The van der Waals surface area contributed by atoms with Gasteiger partial charge in [-0.25, -0.2) is 4.79 Å². The molecule has 3 atom stereocenters. The van der Waals surface area contributed by atoms with Crippen molar-refractivity contribution in [3.05, 3.63) is 35.9 Å². The van der Waals surface area contributed by atoms with Gasteiger partial charge in [-0.1, -0.05) is 37.3 Å². The third kappa shape index (κ3) is 4.53. The lowest BCUT2D eigenvalue weighted by Crippen LogP contribution is -2.52. The first kappa shape index (κ1) is 17.8. The zero-order valence-corrected chi connectivity index (χ0v) is 15.0. The highest BCUT2D eigenvalue weighted by atomic mass is 16.2. The van der Waals surface area contributed by atoms with Gasteiger partial charge < -0.3 is 15.5 Å². The summed E-state index contributed by atoms with van der Waals surface area (Å²) in [6.45, 7) is 4.38. The van der Waals surface area contributed by atoms with Crippen LogP contribution in [0.25, 0.3) is 0 Å². The van der Waals surface area contributed by atoms with Gasteiger partial charge in [0.25, 0.3) is 0 Å². The normalized spacial score (nSPS) is 24.7. The average Bonchev–Trinajstić information content (AvgIpc) is 3.08. The molecule has 2 fully saturated rings. The van der Waals surface area contributed by atoms with E-state index in [1.807, 2.05) is 11.0 Å². The Labute approximate surface area is 150 Å². The van der Waals surface area contributed by atoms with Crippen molar-refractivity contribution in [1.29, 1.82) is 0 Å². The molecule has 0 saturated carbocycles. The molecule has 136 valence electrons. The molecule has 3 rings (SSSR count). The molecule has 1 aromatic carbocycles. The molecule has 0 radical (unpaired) electrons. The largest absolute Gasteiger partial charge is 0.356 e. The van der Waals surface area contributed by atoms with Crippen molar-refractivity contribution in [3.8, 4) is 0 Å². The van der Waals surface area contributed by atoms with Crippen LogP contribution in [0.15, 0.2) is 30.3 Å². The number of piperidine rings is 1. The van der Waals surface area contributed by atoms with Crippen LogP contribution in [-0.4, -0.2) is 42.5 Å². The highest BCUT2D eigenvalue weighted by Crippen LogP contribution is 2.27. The molecule has 1 aromatic rings. The zero-order chi connectivity index (χ0) is 17.6. The molecule has 2 saturated heterocycles. The first-order chi connectivity index (χ1) is 12.1. The lowest BCUT2D eigenvalue weighted by Gasteiger charge is -2.38. The molecule has 0 bridgehead atoms. The summed E-state index contributed by atoms with van der Waals surface area (Å²) in [6.07, 6.45) is 4.69. The number of hydrogen-bond donors (Lipinski definition) is 2. The van der Waals surface area contributed by atoms with Crippen molar-refractivity contribution in [2.45, 2.75) is 51.0 Å². The van der Waals surface area contributed by atoms with Crippen LogP contribution in [0, 0.1) is 5.92 Å². The van der Waals surface area contributed by atoms with E-state index in [-0.39, 0.29) is 23.9 Å². The Morgan fingerprint density at radius 2 is 2.12 bits per heavy atom.